The lowest BCUT2D eigenvalue weighted by Crippen LogP contribution is -2.12. The van der Waals surface area contributed by atoms with Gasteiger partial charge in [-0.3, -0.25) is 10.1 Å². The molecule has 0 saturated heterocycles. The summed E-state index contributed by atoms with van der Waals surface area (Å²) >= 11 is 2.83. The molecule has 26 heavy (non-hydrogen) atoms. The molecule has 2 aromatic heterocycles. The highest BCUT2D eigenvalue weighted by Gasteiger charge is 2.12. The standard InChI is InChI=1S/C19H14N4OS2/c1-25-18-20-9-13(10-21-18)17(24)23-19-22-16(11-26-19)15-8-4-6-12-5-2-3-7-14(12)15/h2-11H,1H3,(H,22,23,24). The highest BCUT2D eigenvalue weighted by atomic mass is 32.2. The summed E-state index contributed by atoms with van der Waals surface area (Å²) in [7, 11) is 0. The number of fused-ring (bicyclic) bond motifs is 1. The molecule has 0 aliphatic carbocycles. The molecule has 4 aromatic rings. The van der Waals surface area contributed by atoms with E-state index in [1.807, 2.05) is 35.9 Å². The molecule has 0 fully saturated rings. The minimum Gasteiger partial charge on any atom is -0.298 e. The molecule has 2 aromatic carbocycles. The third-order valence-electron chi connectivity index (χ3n) is 3.86. The van der Waals surface area contributed by atoms with Crippen molar-refractivity contribution >= 4 is 44.9 Å². The molecule has 0 bridgehead atoms. The van der Waals surface area contributed by atoms with Crippen LogP contribution in [0.4, 0.5) is 5.13 Å². The van der Waals surface area contributed by atoms with Crippen LogP contribution in [0.15, 0.2) is 65.4 Å². The number of carbonyl (C=O) groups is 1. The van der Waals surface area contributed by atoms with E-state index in [0.29, 0.717) is 15.9 Å². The van der Waals surface area contributed by atoms with E-state index in [-0.39, 0.29) is 5.91 Å². The van der Waals surface area contributed by atoms with E-state index in [4.69, 9.17) is 0 Å². The first-order chi connectivity index (χ1) is 12.7. The molecule has 2 heterocycles. The average Bonchev–Trinajstić information content (AvgIpc) is 3.15. The molecular weight excluding hydrogens is 364 g/mol. The van der Waals surface area contributed by atoms with E-state index in [9.17, 15) is 4.79 Å². The van der Waals surface area contributed by atoms with Crippen molar-refractivity contribution in [2.45, 2.75) is 5.16 Å². The van der Waals surface area contributed by atoms with Crippen LogP contribution < -0.4 is 5.32 Å². The average molecular weight is 378 g/mol. The zero-order valence-corrected chi connectivity index (χ0v) is 15.5. The molecule has 0 radical (unpaired) electrons. The van der Waals surface area contributed by atoms with Crippen LogP contribution in [0.3, 0.4) is 0 Å². The van der Waals surface area contributed by atoms with Crippen LogP contribution in [0.1, 0.15) is 10.4 Å². The molecule has 1 N–H and O–H groups in total. The molecule has 128 valence electrons. The SMILES string of the molecule is CSc1ncc(C(=O)Nc2nc(-c3cccc4ccccc34)cs2)cn1. The summed E-state index contributed by atoms with van der Waals surface area (Å²) in [5, 5.41) is 8.25. The molecular formula is C19H14N4OS2. The predicted molar refractivity (Wildman–Crippen MR) is 107 cm³/mol. The van der Waals surface area contributed by atoms with Gasteiger partial charge < -0.3 is 0 Å². The van der Waals surface area contributed by atoms with Crippen molar-refractivity contribution < 1.29 is 4.79 Å². The van der Waals surface area contributed by atoms with Gasteiger partial charge in [0.15, 0.2) is 10.3 Å². The summed E-state index contributed by atoms with van der Waals surface area (Å²) in [6.07, 6.45) is 4.93. The largest absolute Gasteiger partial charge is 0.298 e. The van der Waals surface area contributed by atoms with Crippen LogP contribution in [0.25, 0.3) is 22.0 Å². The van der Waals surface area contributed by atoms with Gasteiger partial charge in [-0.2, -0.15) is 0 Å². The fourth-order valence-electron chi connectivity index (χ4n) is 2.61. The third-order valence-corrected chi connectivity index (χ3v) is 5.20. The zero-order valence-electron chi connectivity index (χ0n) is 13.8. The first kappa shape index (κ1) is 16.7. The Kier molecular flexibility index (Phi) is 4.64. The van der Waals surface area contributed by atoms with Crippen molar-refractivity contribution in [3.63, 3.8) is 0 Å². The van der Waals surface area contributed by atoms with E-state index in [1.165, 1.54) is 35.5 Å². The molecule has 7 heteroatoms. The number of thiazole rings is 1. The Balaban J connectivity index is 1.58. The molecule has 1 amide bonds. The van der Waals surface area contributed by atoms with Gasteiger partial charge in [0.05, 0.1) is 11.3 Å². The van der Waals surface area contributed by atoms with Gasteiger partial charge in [0.1, 0.15) is 0 Å². The molecule has 5 nitrogen and oxygen atoms in total. The topological polar surface area (TPSA) is 67.8 Å². The van der Waals surface area contributed by atoms with Crippen LogP contribution in [-0.2, 0) is 0 Å². The number of amides is 1. The van der Waals surface area contributed by atoms with Gasteiger partial charge in [0.25, 0.3) is 5.91 Å². The van der Waals surface area contributed by atoms with Gasteiger partial charge >= 0.3 is 0 Å². The normalized spacial score (nSPS) is 10.8. The van der Waals surface area contributed by atoms with Crippen molar-refractivity contribution in [1.82, 2.24) is 15.0 Å². The monoisotopic (exact) mass is 378 g/mol. The fraction of sp³-hybridized carbons (Fsp3) is 0.0526. The van der Waals surface area contributed by atoms with Crippen LogP contribution in [0.5, 0.6) is 0 Å². The summed E-state index contributed by atoms with van der Waals surface area (Å²) in [4.78, 5) is 25.2. The number of hydrogen-bond acceptors (Lipinski definition) is 6. The minimum atomic E-state index is -0.267. The number of hydrogen-bond donors (Lipinski definition) is 1. The second kappa shape index (κ2) is 7.23. The second-order valence-electron chi connectivity index (χ2n) is 5.48. The summed E-state index contributed by atoms with van der Waals surface area (Å²) in [5.74, 6) is -0.267. The molecule has 4 rings (SSSR count). The highest BCUT2D eigenvalue weighted by molar-refractivity contribution is 7.98. The Morgan fingerprint density at radius 2 is 1.85 bits per heavy atom. The zero-order chi connectivity index (χ0) is 17.9. The summed E-state index contributed by atoms with van der Waals surface area (Å²) in [6.45, 7) is 0. The molecule has 0 spiro atoms. The van der Waals surface area contributed by atoms with E-state index in [2.05, 4.69) is 38.5 Å². The number of nitrogens with zero attached hydrogens (tertiary/aromatic N) is 3. The Bertz CT molecular complexity index is 1070. The van der Waals surface area contributed by atoms with Crippen molar-refractivity contribution in [1.29, 1.82) is 0 Å². The Morgan fingerprint density at radius 3 is 2.65 bits per heavy atom. The van der Waals surface area contributed by atoms with E-state index >= 15 is 0 Å². The second-order valence-corrected chi connectivity index (χ2v) is 7.11. The van der Waals surface area contributed by atoms with Crippen LogP contribution >= 0.6 is 23.1 Å². The maximum absolute atomic E-state index is 12.3. The minimum absolute atomic E-state index is 0.267. The van der Waals surface area contributed by atoms with Crippen molar-refractivity contribution in [2.75, 3.05) is 11.6 Å². The molecule has 0 aliphatic rings. The lowest BCUT2D eigenvalue weighted by Gasteiger charge is -2.04. The van der Waals surface area contributed by atoms with Gasteiger partial charge in [0.2, 0.25) is 0 Å². The predicted octanol–water partition coefficient (Wildman–Crippen LogP) is 4.73. The number of carbonyl (C=O) groups excluding carboxylic acids is 1. The van der Waals surface area contributed by atoms with Crippen molar-refractivity contribution in [3.05, 3.63) is 65.8 Å². The van der Waals surface area contributed by atoms with Gasteiger partial charge in [0, 0.05) is 23.3 Å². The number of rotatable bonds is 4. The lowest BCUT2D eigenvalue weighted by atomic mass is 10.0. The fourth-order valence-corrected chi connectivity index (χ4v) is 3.63. The number of anilines is 1. The Morgan fingerprint density at radius 1 is 1.08 bits per heavy atom. The molecule has 0 atom stereocenters. The Labute approximate surface area is 158 Å². The van der Waals surface area contributed by atoms with Crippen LogP contribution in [-0.4, -0.2) is 27.1 Å². The lowest BCUT2D eigenvalue weighted by molar-refractivity contribution is 0.102. The smallest absolute Gasteiger partial charge is 0.260 e. The Hall–Kier alpha value is -2.77. The van der Waals surface area contributed by atoms with Gasteiger partial charge in [-0.05, 0) is 17.0 Å². The quantitative estimate of drug-likeness (QED) is 0.411. The first-order valence-corrected chi connectivity index (χ1v) is 9.96. The van der Waals surface area contributed by atoms with Crippen molar-refractivity contribution in [3.8, 4) is 11.3 Å². The molecule has 0 unspecified atom stereocenters. The summed E-state index contributed by atoms with van der Waals surface area (Å²) < 4.78 is 0. The van der Waals surface area contributed by atoms with E-state index in [0.717, 1.165) is 22.0 Å². The van der Waals surface area contributed by atoms with E-state index < -0.39 is 0 Å². The number of aromatic nitrogens is 3. The number of thioether (sulfide) groups is 1. The van der Waals surface area contributed by atoms with Crippen LogP contribution in [0, 0.1) is 0 Å². The van der Waals surface area contributed by atoms with Crippen LogP contribution in [0.2, 0.25) is 0 Å². The maximum atomic E-state index is 12.3. The third kappa shape index (κ3) is 3.31. The van der Waals surface area contributed by atoms with Gasteiger partial charge in [-0.15, -0.1) is 11.3 Å². The summed E-state index contributed by atoms with van der Waals surface area (Å²) in [6, 6.07) is 14.3. The highest BCUT2D eigenvalue weighted by Crippen LogP contribution is 2.31. The number of benzene rings is 2. The van der Waals surface area contributed by atoms with Gasteiger partial charge in [-0.25, -0.2) is 15.0 Å². The molecule has 0 aliphatic heterocycles. The molecule has 0 saturated carbocycles. The summed E-state index contributed by atoms with van der Waals surface area (Å²) in [5.41, 5.74) is 2.30. The first-order valence-electron chi connectivity index (χ1n) is 7.85. The number of nitrogens with one attached hydrogen (secondary N) is 1. The van der Waals surface area contributed by atoms with Crippen molar-refractivity contribution in [2.24, 2.45) is 0 Å². The van der Waals surface area contributed by atoms with E-state index in [1.54, 1.807) is 0 Å². The maximum Gasteiger partial charge on any atom is 0.260 e. The van der Waals surface area contributed by atoms with Gasteiger partial charge in [-0.1, -0.05) is 54.2 Å².